The number of amides is 1. The summed E-state index contributed by atoms with van der Waals surface area (Å²) in [5.74, 6) is 1.49. The summed E-state index contributed by atoms with van der Waals surface area (Å²) < 4.78 is 0. The van der Waals surface area contributed by atoms with E-state index in [0.29, 0.717) is 0 Å². The first-order valence-electron chi connectivity index (χ1n) is 7.44. The number of thioether (sulfide) groups is 1. The molecule has 0 radical (unpaired) electrons. The third kappa shape index (κ3) is 3.27. The Labute approximate surface area is 134 Å². The van der Waals surface area contributed by atoms with Crippen LogP contribution in [-0.4, -0.2) is 28.3 Å². The molecule has 0 N–H and O–H groups in total. The SMILES string of the molecule is Cc1ccc(N=C2SCCCN2C(=O)C2CCC2)cc1Cl. The number of aliphatic imine (C=N–C) groups is 1. The number of amidine groups is 1. The van der Waals surface area contributed by atoms with Crippen LogP contribution in [0.1, 0.15) is 31.2 Å². The summed E-state index contributed by atoms with van der Waals surface area (Å²) in [5.41, 5.74) is 1.86. The van der Waals surface area contributed by atoms with Crippen LogP contribution in [0.4, 0.5) is 5.69 Å². The van der Waals surface area contributed by atoms with Gasteiger partial charge in [0.1, 0.15) is 0 Å². The summed E-state index contributed by atoms with van der Waals surface area (Å²) in [6, 6.07) is 5.79. The smallest absolute Gasteiger partial charge is 0.231 e. The molecule has 0 atom stereocenters. The normalized spacial score (nSPS) is 21.4. The van der Waals surface area contributed by atoms with Gasteiger partial charge < -0.3 is 0 Å². The van der Waals surface area contributed by atoms with E-state index in [9.17, 15) is 4.79 Å². The first-order chi connectivity index (χ1) is 10.1. The highest BCUT2D eigenvalue weighted by molar-refractivity contribution is 8.13. The Hall–Kier alpha value is -1.00. The summed E-state index contributed by atoms with van der Waals surface area (Å²) in [5, 5.41) is 1.55. The lowest BCUT2D eigenvalue weighted by Crippen LogP contribution is -2.44. The predicted octanol–water partition coefficient (Wildman–Crippen LogP) is 4.40. The first-order valence-corrected chi connectivity index (χ1v) is 8.80. The molecule has 1 saturated carbocycles. The minimum Gasteiger partial charge on any atom is -0.291 e. The number of carbonyl (C=O) groups excluding carboxylic acids is 1. The summed E-state index contributed by atoms with van der Waals surface area (Å²) in [4.78, 5) is 19.1. The van der Waals surface area contributed by atoms with Crippen molar-refractivity contribution in [1.82, 2.24) is 4.90 Å². The average Bonchev–Trinajstić information content (AvgIpc) is 2.41. The molecule has 1 saturated heterocycles. The van der Waals surface area contributed by atoms with E-state index in [1.165, 1.54) is 6.42 Å². The fraction of sp³-hybridized carbons (Fsp3) is 0.500. The van der Waals surface area contributed by atoms with Crippen molar-refractivity contribution in [3.8, 4) is 0 Å². The first kappa shape index (κ1) is 14.9. The van der Waals surface area contributed by atoms with Crippen LogP contribution in [-0.2, 0) is 4.79 Å². The Morgan fingerprint density at radius 3 is 2.86 bits per heavy atom. The number of carbonyl (C=O) groups is 1. The van der Waals surface area contributed by atoms with E-state index in [1.807, 2.05) is 30.0 Å². The van der Waals surface area contributed by atoms with Crippen LogP contribution in [0.5, 0.6) is 0 Å². The Morgan fingerprint density at radius 2 is 2.19 bits per heavy atom. The van der Waals surface area contributed by atoms with Crippen molar-refractivity contribution in [3.05, 3.63) is 28.8 Å². The van der Waals surface area contributed by atoms with Crippen LogP contribution in [0, 0.1) is 12.8 Å². The lowest BCUT2D eigenvalue weighted by molar-refractivity contribution is -0.134. The van der Waals surface area contributed by atoms with Crippen molar-refractivity contribution in [3.63, 3.8) is 0 Å². The molecule has 0 aromatic heterocycles. The summed E-state index contributed by atoms with van der Waals surface area (Å²) in [6.45, 7) is 2.77. The van der Waals surface area contributed by atoms with Gasteiger partial charge in [-0.2, -0.15) is 0 Å². The molecule has 0 bridgehead atoms. The summed E-state index contributed by atoms with van der Waals surface area (Å²) in [6.07, 6.45) is 4.28. The van der Waals surface area contributed by atoms with Gasteiger partial charge in [0, 0.05) is 23.2 Å². The van der Waals surface area contributed by atoms with Crippen molar-refractivity contribution in [2.45, 2.75) is 32.6 Å². The van der Waals surface area contributed by atoms with Gasteiger partial charge >= 0.3 is 0 Å². The van der Waals surface area contributed by atoms with Gasteiger partial charge in [-0.1, -0.05) is 35.9 Å². The largest absolute Gasteiger partial charge is 0.291 e. The average molecular weight is 323 g/mol. The molecular weight excluding hydrogens is 304 g/mol. The maximum atomic E-state index is 12.5. The molecule has 1 aromatic carbocycles. The highest BCUT2D eigenvalue weighted by Crippen LogP contribution is 2.32. The quantitative estimate of drug-likeness (QED) is 0.808. The second kappa shape index (κ2) is 6.41. The second-order valence-electron chi connectivity index (χ2n) is 5.65. The second-order valence-corrected chi connectivity index (χ2v) is 7.12. The summed E-state index contributed by atoms with van der Waals surface area (Å²) in [7, 11) is 0. The molecule has 0 unspecified atom stereocenters. The van der Waals surface area contributed by atoms with Crippen LogP contribution in [0.3, 0.4) is 0 Å². The minimum absolute atomic E-state index is 0.218. The van der Waals surface area contributed by atoms with E-state index in [4.69, 9.17) is 11.6 Å². The fourth-order valence-electron chi connectivity index (χ4n) is 2.49. The van der Waals surface area contributed by atoms with Gasteiger partial charge in [0.2, 0.25) is 5.91 Å². The number of hydrogen-bond acceptors (Lipinski definition) is 3. The van der Waals surface area contributed by atoms with E-state index in [-0.39, 0.29) is 11.8 Å². The molecule has 1 aliphatic heterocycles. The lowest BCUT2D eigenvalue weighted by atomic mass is 9.84. The van der Waals surface area contributed by atoms with Crippen LogP contribution < -0.4 is 0 Å². The minimum atomic E-state index is 0.218. The molecule has 21 heavy (non-hydrogen) atoms. The van der Waals surface area contributed by atoms with Gasteiger partial charge in [-0.25, -0.2) is 4.99 Å². The molecule has 1 amide bonds. The van der Waals surface area contributed by atoms with Crippen LogP contribution in [0.25, 0.3) is 0 Å². The number of benzene rings is 1. The van der Waals surface area contributed by atoms with Crippen molar-refractivity contribution < 1.29 is 4.79 Å². The maximum absolute atomic E-state index is 12.5. The Kier molecular flexibility index (Phi) is 4.55. The zero-order valence-electron chi connectivity index (χ0n) is 12.1. The molecule has 5 heteroatoms. The van der Waals surface area contributed by atoms with E-state index in [0.717, 1.165) is 53.0 Å². The molecule has 3 nitrogen and oxygen atoms in total. The van der Waals surface area contributed by atoms with Crippen LogP contribution >= 0.6 is 23.4 Å². The van der Waals surface area contributed by atoms with Gasteiger partial charge in [-0.3, -0.25) is 9.69 Å². The molecular formula is C16H19ClN2OS. The van der Waals surface area contributed by atoms with Gasteiger partial charge in [-0.15, -0.1) is 0 Å². The van der Waals surface area contributed by atoms with Crippen molar-refractivity contribution >= 4 is 40.1 Å². The fourth-order valence-corrected chi connectivity index (χ4v) is 3.63. The standard InChI is InChI=1S/C16H19ClN2OS/c1-11-6-7-13(10-14(11)17)18-16-19(8-3-9-21-16)15(20)12-4-2-5-12/h6-7,10,12H,2-5,8-9H2,1H3. The molecule has 1 aliphatic carbocycles. The van der Waals surface area contributed by atoms with E-state index in [1.54, 1.807) is 11.8 Å². The van der Waals surface area contributed by atoms with Crippen LogP contribution in [0.2, 0.25) is 5.02 Å². The molecule has 112 valence electrons. The van der Waals surface area contributed by atoms with Crippen LogP contribution in [0.15, 0.2) is 23.2 Å². The number of halogens is 1. The van der Waals surface area contributed by atoms with Gasteiger partial charge in [0.15, 0.2) is 5.17 Å². The zero-order valence-corrected chi connectivity index (χ0v) is 13.7. The van der Waals surface area contributed by atoms with E-state index >= 15 is 0 Å². The Morgan fingerprint density at radius 1 is 1.38 bits per heavy atom. The number of rotatable bonds is 2. The highest BCUT2D eigenvalue weighted by Gasteiger charge is 2.33. The monoisotopic (exact) mass is 322 g/mol. The van der Waals surface area contributed by atoms with Crippen molar-refractivity contribution in [2.24, 2.45) is 10.9 Å². The van der Waals surface area contributed by atoms with Gasteiger partial charge in [-0.05, 0) is 43.9 Å². The predicted molar refractivity (Wildman–Crippen MR) is 89.4 cm³/mol. The highest BCUT2D eigenvalue weighted by atomic mass is 35.5. The van der Waals surface area contributed by atoms with Gasteiger partial charge in [0.05, 0.1) is 5.69 Å². The molecule has 0 spiro atoms. The third-order valence-corrected chi connectivity index (χ3v) is 5.56. The summed E-state index contributed by atoms with van der Waals surface area (Å²) >= 11 is 7.82. The number of aryl methyl sites for hydroxylation is 1. The number of hydrogen-bond donors (Lipinski definition) is 0. The molecule has 1 heterocycles. The molecule has 1 aromatic rings. The molecule has 3 rings (SSSR count). The Balaban J connectivity index is 1.83. The topological polar surface area (TPSA) is 32.7 Å². The van der Waals surface area contributed by atoms with Crippen molar-refractivity contribution in [1.29, 1.82) is 0 Å². The lowest BCUT2D eigenvalue weighted by Gasteiger charge is -2.34. The van der Waals surface area contributed by atoms with Gasteiger partial charge in [0.25, 0.3) is 0 Å². The zero-order chi connectivity index (χ0) is 14.8. The van der Waals surface area contributed by atoms with Crippen molar-refractivity contribution in [2.75, 3.05) is 12.3 Å². The van der Waals surface area contributed by atoms with E-state index < -0.39 is 0 Å². The number of nitrogens with zero attached hydrogens (tertiary/aromatic N) is 2. The molecule has 2 aliphatic rings. The maximum Gasteiger partial charge on any atom is 0.231 e. The van der Waals surface area contributed by atoms with E-state index in [2.05, 4.69) is 4.99 Å². The third-order valence-electron chi connectivity index (χ3n) is 4.09. The molecule has 2 fully saturated rings. The Bertz CT molecular complexity index is 584.